The van der Waals surface area contributed by atoms with Crippen molar-refractivity contribution in [1.82, 2.24) is 4.98 Å². The van der Waals surface area contributed by atoms with Gasteiger partial charge in [0.1, 0.15) is 0 Å². The molecule has 1 aromatic heterocycles. The molecule has 18 heavy (non-hydrogen) atoms. The number of rotatable bonds is 2. The normalized spacial score (nSPS) is 7.17. The second kappa shape index (κ2) is 25.1. The van der Waals surface area contributed by atoms with Gasteiger partial charge in [-0.05, 0) is 24.1 Å². The van der Waals surface area contributed by atoms with Crippen molar-refractivity contribution in [3.63, 3.8) is 0 Å². The Morgan fingerprint density at radius 1 is 1.06 bits per heavy atom. The van der Waals surface area contributed by atoms with Crippen LogP contribution in [-0.4, -0.2) is 18.6 Å². The van der Waals surface area contributed by atoms with Crippen LogP contribution in [-0.2, 0) is 35.5 Å². The molecule has 4 heteroatoms. The fourth-order valence-electron chi connectivity index (χ4n) is 0.838. The second-order valence-electron chi connectivity index (χ2n) is 3.61. The van der Waals surface area contributed by atoms with Crippen molar-refractivity contribution in [1.29, 1.82) is 0 Å². The predicted octanol–water partition coefficient (Wildman–Crippen LogP) is 3.10. The Morgan fingerprint density at radius 3 is 1.67 bits per heavy atom. The molecule has 0 fully saturated rings. The number of hydrogen-bond donors (Lipinski definition) is 0. The minimum atomic E-state index is 0. The molecule has 0 bridgehead atoms. The van der Waals surface area contributed by atoms with Gasteiger partial charge in [0, 0.05) is 12.4 Å². The summed E-state index contributed by atoms with van der Waals surface area (Å²) >= 11 is 0. The Morgan fingerprint density at radius 2 is 1.39 bits per heavy atom. The third-order valence-corrected chi connectivity index (χ3v) is 1.29. The van der Waals surface area contributed by atoms with Gasteiger partial charge in [0.05, 0.1) is 0 Å². The van der Waals surface area contributed by atoms with Gasteiger partial charge >= 0.3 is 19.5 Å². The Kier molecular flexibility index (Phi) is 36.0. The zero-order valence-electron chi connectivity index (χ0n) is 11.5. The van der Waals surface area contributed by atoms with Crippen LogP contribution >= 0.6 is 0 Å². The molecule has 0 unspecified atom stereocenters. The first kappa shape index (κ1) is 25.8. The maximum Gasteiger partial charge on any atom is 3.00 e. The van der Waals surface area contributed by atoms with Crippen molar-refractivity contribution in [2.75, 3.05) is 0 Å². The van der Waals surface area contributed by atoms with Crippen LogP contribution in [0.4, 0.5) is 0 Å². The van der Waals surface area contributed by atoms with Crippen molar-refractivity contribution in [3.8, 4) is 0 Å². The Hall–Kier alpha value is -0.887. The standard InChI is InChI=1S/C8H11N.C4H9.2CHO.Ru/c1-2-3-8-4-6-9-7-5-8;1-4(2)3;2*1-2;/h4-7H,2-3H2,1H3;1-3H3;2*1H;/q;3*-1;+3. The minimum absolute atomic E-state index is 0. The summed E-state index contributed by atoms with van der Waals surface area (Å²) in [4.78, 5) is 19.4. The first-order chi connectivity index (χ1) is 8.16. The summed E-state index contributed by atoms with van der Waals surface area (Å²) in [5.74, 6) is 1.42. The average molecular weight is 337 g/mol. The summed E-state index contributed by atoms with van der Waals surface area (Å²) in [6.45, 7) is 14.9. The van der Waals surface area contributed by atoms with E-state index in [2.05, 4.69) is 58.4 Å². The average Bonchev–Trinajstić information content (AvgIpc) is 2.35. The first-order valence-corrected chi connectivity index (χ1v) is 5.29. The van der Waals surface area contributed by atoms with Crippen molar-refractivity contribution >= 4 is 13.6 Å². The van der Waals surface area contributed by atoms with Gasteiger partial charge in [-0.15, -0.1) is 0 Å². The van der Waals surface area contributed by atoms with Crippen molar-refractivity contribution in [2.24, 2.45) is 0 Å². The van der Waals surface area contributed by atoms with Gasteiger partial charge < -0.3 is 15.5 Å². The van der Waals surface area contributed by atoms with Crippen LogP contribution in [0.3, 0.4) is 0 Å². The van der Waals surface area contributed by atoms with Crippen LogP contribution in [0, 0.1) is 5.92 Å². The maximum absolute atomic E-state index is 7.75. The molecule has 0 aromatic carbocycles. The van der Waals surface area contributed by atoms with Gasteiger partial charge in [0.25, 0.3) is 0 Å². The number of aryl methyl sites for hydroxylation is 1. The fourth-order valence-corrected chi connectivity index (χ4v) is 0.838. The van der Waals surface area contributed by atoms with Gasteiger partial charge in [-0.2, -0.15) is 20.8 Å². The van der Waals surface area contributed by atoms with Gasteiger partial charge in [0.15, 0.2) is 0 Å². The summed E-state index contributed by atoms with van der Waals surface area (Å²) in [5, 5.41) is 0. The molecule has 0 amide bonds. The van der Waals surface area contributed by atoms with Crippen LogP contribution in [0.25, 0.3) is 0 Å². The summed E-state index contributed by atoms with van der Waals surface area (Å²) in [6, 6.07) is 4.12. The summed E-state index contributed by atoms with van der Waals surface area (Å²) in [6.07, 6.45) is 6.06. The quantitative estimate of drug-likeness (QED) is 0.473. The van der Waals surface area contributed by atoms with E-state index in [1.807, 2.05) is 12.4 Å². The van der Waals surface area contributed by atoms with Crippen LogP contribution in [0.15, 0.2) is 24.5 Å². The van der Waals surface area contributed by atoms with Gasteiger partial charge in [-0.25, -0.2) is 0 Å². The number of nitrogens with zero attached hydrogens (tertiary/aromatic N) is 1. The summed E-state index contributed by atoms with van der Waals surface area (Å²) in [7, 11) is 0. The molecule has 1 rings (SSSR count). The molecule has 0 N–H and O–H groups in total. The van der Waals surface area contributed by atoms with Crippen LogP contribution in [0.2, 0.25) is 0 Å². The molecule has 0 saturated carbocycles. The molecule has 1 radical (unpaired) electrons. The van der Waals surface area contributed by atoms with E-state index in [1.54, 1.807) is 0 Å². The molecule has 0 spiro atoms. The molecule has 3 nitrogen and oxygen atoms in total. The van der Waals surface area contributed by atoms with Crippen molar-refractivity contribution in [2.45, 2.75) is 40.5 Å². The number of hydrogen-bond acceptors (Lipinski definition) is 3. The molecule has 103 valence electrons. The van der Waals surface area contributed by atoms with E-state index < -0.39 is 0 Å². The van der Waals surface area contributed by atoms with Crippen molar-refractivity contribution in [3.05, 3.63) is 36.0 Å². The van der Waals surface area contributed by atoms with E-state index in [4.69, 9.17) is 9.59 Å². The summed E-state index contributed by atoms with van der Waals surface area (Å²) < 4.78 is 0. The molecular weight excluding hydrogens is 315 g/mol. The van der Waals surface area contributed by atoms with Crippen LogP contribution < -0.4 is 0 Å². The van der Waals surface area contributed by atoms with E-state index in [9.17, 15) is 0 Å². The van der Waals surface area contributed by atoms with Gasteiger partial charge in [-0.1, -0.05) is 13.3 Å². The monoisotopic (exact) mass is 338 g/mol. The smallest absolute Gasteiger partial charge is 0.545 e. The third kappa shape index (κ3) is 29.4. The van der Waals surface area contributed by atoms with E-state index >= 15 is 0 Å². The van der Waals surface area contributed by atoms with Crippen molar-refractivity contribution < 1.29 is 29.1 Å². The molecule has 0 atom stereocenters. The Bertz CT molecular complexity index is 226. The van der Waals surface area contributed by atoms with Gasteiger partial charge in [-0.3, -0.25) is 18.6 Å². The molecular formula is C14H22NO2Ru. The van der Waals surface area contributed by atoms with Gasteiger partial charge in [0.2, 0.25) is 0 Å². The van der Waals surface area contributed by atoms with Crippen LogP contribution in [0.5, 0.6) is 0 Å². The third-order valence-electron chi connectivity index (χ3n) is 1.29. The Balaban J connectivity index is -0.0000000937. The minimum Gasteiger partial charge on any atom is -0.545 e. The molecule has 0 saturated heterocycles. The Labute approximate surface area is 124 Å². The largest absolute Gasteiger partial charge is 3.00 e. The zero-order valence-corrected chi connectivity index (χ0v) is 13.2. The fraction of sp³-hybridized carbons (Fsp3) is 0.429. The predicted molar refractivity (Wildman–Crippen MR) is 72.0 cm³/mol. The molecule has 0 aliphatic heterocycles. The molecule has 0 aliphatic carbocycles. The second-order valence-corrected chi connectivity index (χ2v) is 3.61. The number of aromatic nitrogens is 1. The number of pyridine rings is 1. The summed E-state index contributed by atoms with van der Waals surface area (Å²) in [5.41, 5.74) is 1.38. The van der Waals surface area contributed by atoms with E-state index in [0.29, 0.717) is 0 Å². The number of carbonyl (C=O) groups excluding carboxylic acids is 2. The molecule has 0 aliphatic rings. The van der Waals surface area contributed by atoms with E-state index in [-0.39, 0.29) is 19.5 Å². The molecule has 1 aromatic rings. The molecule has 1 heterocycles. The maximum atomic E-state index is 7.75. The SMILES string of the molecule is CCCc1ccncc1.C[C-](C)C.[CH-]=O.[CH-]=O.[Ru+3]. The first-order valence-electron chi connectivity index (χ1n) is 5.29. The van der Waals surface area contributed by atoms with Crippen LogP contribution in [0.1, 0.15) is 39.7 Å². The zero-order chi connectivity index (χ0) is 14.1. The van der Waals surface area contributed by atoms with E-state index in [0.717, 1.165) is 0 Å². The topological polar surface area (TPSA) is 47.0 Å². The van der Waals surface area contributed by atoms with E-state index in [1.165, 1.54) is 24.3 Å².